The first-order chi connectivity index (χ1) is 9.92. The average Bonchev–Trinajstić information content (AvgIpc) is 2.89. The first kappa shape index (κ1) is 16.4. The van der Waals surface area contributed by atoms with Gasteiger partial charge in [0.15, 0.2) is 0 Å². The fraction of sp³-hybridized carbons (Fsp3) is 0.231. The zero-order chi connectivity index (χ0) is 15.5. The van der Waals surface area contributed by atoms with Crippen LogP contribution in [0.2, 0.25) is 0 Å². The van der Waals surface area contributed by atoms with E-state index in [4.69, 9.17) is 0 Å². The lowest BCUT2D eigenvalue weighted by Crippen LogP contribution is -2.13. The molecule has 0 aliphatic carbocycles. The summed E-state index contributed by atoms with van der Waals surface area (Å²) in [5, 5.41) is 4.94. The summed E-state index contributed by atoms with van der Waals surface area (Å²) in [6, 6.07) is 5.42. The summed E-state index contributed by atoms with van der Waals surface area (Å²) in [5.41, 5.74) is 1.22. The van der Waals surface area contributed by atoms with Crippen LogP contribution in [0, 0.1) is 5.82 Å². The standard InChI is InChI=1S/C13H14BrFN2O2S2/c1-2-16-7-9-5-13(20-8-9)21(18,19)17-12-4-3-10(15)6-11(12)14/h3-6,8,16-17H,2,7H2,1H3. The van der Waals surface area contributed by atoms with Gasteiger partial charge < -0.3 is 5.32 Å². The van der Waals surface area contributed by atoms with E-state index in [1.54, 1.807) is 11.4 Å². The lowest BCUT2D eigenvalue weighted by Gasteiger charge is -2.08. The molecule has 0 unspecified atom stereocenters. The smallest absolute Gasteiger partial charge is 0.271 e. The maximum Gasteiger partial charge on any atom is 0.271 e. The second-order valence-electron chi connectivity index (χ2n) is 4.28. The van der Waals surface area contributed by atoms with Gasteiger partial charge >= 0.3 is 0 Å². The molecule has 0 amide bonds. The highest BCUT2D eigenvalue weighted by Gasteiger charge is 2.18. The lowest BCUT2D eigenvalue weighted by molar-refractivity contribution is 0.602. The van der Waals surface area contributed by atoms with Crippen LogP contribution in [0.3, 0.4) is 0 Å². The Morgan fingerprint density at radius 3 is 2.76 bits per heavy atom. The molecule has 4 nitrogen and oxygen atoms in total. The number of hydrogen-bond donors (Lipinski definition) is 2. The fourth-order valence-corrected chi connectivity index (χ4v) is 4.49. The Balaban J connectivity index is 2.19. The molecule has 0 radical (unpaired) electrons. The summed E-state index contributed by atoms with van der Waals surface area (Å²) in [4.78, 5) is 0. The van der Waals surface area contributed by atoms with Crippen molar-refractivity contribution >= 4 is 43.0 Å². The van der Waals surface area contributed by atoms with Crippen molar-refractivity contribution in [1.82, 2.24) is 5.32 Å². The van der Waals surface area contributed by atoms with Crippen LogP contribution in [0.1, 0.15) is 12.5 Å². The average molecular weight is 393 g/mol. The minimum Gasteiger partial charge on any atom is -0.313 e. The Morgan fingerprint density at radius 1 is 1.33 bits per heavy atom. The molecule has 8 heteroatoms. The normalized spacial score (nSPS) is 11.6. The van der Waals surface area contributed by atoms with Gasteiger partial charge in [0.2, 0.25) is 0 Å². The molecule has 0 atom stereocenters. The maximum atomic E-state index is 13.0. The molecule has 0 saturated heterocycles. The number of nitrogens with one attached hydrogen (secondary N) is 2. The zero-order valence-electron chi connectivity index (χ0n) is 11.2. The molecule has 2 aromatic rings. The number of thiophene rings is 1. The summed E-state index contributed by atoms with van der Waals surface area (Å²) in [6.45, 7) is 3.43. The maximum absolute atomic E-state index is 13.0. The van der Waals surface area contributed by atoms with Crippen LogP contribution in [0.5, 0.6) is 0 Å². The lowest BCUT2D eigenvalue weighted by atomic mass is 10.3. The van der Waals surface area contributed by atoms with Crippen LogP contribution in [0.15, 0.2) is 38.3 Å². The minimum atomic E-state index is -3.66. The Morgan fingerprint density at radius 2 is 2.10 bits per heavy atom. The van der Waals surface area contributed by atoms with Gasteiger partial charge in [-0.1, -0.05) is 6.92 Å². The van der Waals surface area contributed by atoms with Crippen molar-refractivity contribution in [2.45, 2.75) is 17.7 Å². The quantitative estimate of drug-likeness (QED) is 0.789. The van der Waals surface area contributed by atoms with Crippen molar-refractivity contribution in [2.75, 3.05) is 11.3 Å². The van der Waals surface area contributed by atoms with E-state index in [0.29, 0.717) is 16.7 Å². The van der Waals surface area contributed by atoms with E-state index in [1.165, 1.54) is 18.2 Å². The molecule has 114 valence electrons. The van der Waals surface area contributed by atoms with Gasteiger partial charge in [-0.05, 0) is 57.7 Å². The van der Waals surface area contributed by atoms with Crippen molar-refractivity contribution in [3.63, 3.8) is 0 Å². The van der Waals surface area contributed by atoms with Crippen molar-refractivity contribution < 1.29 is 12.8 Å². The molecule has 1 aromatic heterocycles. The van der Waals surface area contributed by atoms with Gasteiger partial charge in [-0.15, -0.1) is 11.3 Å². The molecule has 2 N–H and O–H groups in total. The Bertz CT molecular complexity index is 732. The third kappa shape index (κ3) is 4.26. The van der Waals surface area contributed by atoms with Gasteiger partial charge in [-0.2, -0.15) is 0 Å². The highest BCUT2D eigenvalue weighted by atomic mass is 79.9. The third-order valence-corrected chi connectivity index (χ3v) is 6.16. The molecule has 0 bridgehead atoms. The summed E-state index contributed by atoms with van der Waals surface area (Å²) in [5.74, 6) is -0.436. The van der Waals surface area contributed by atoms with Gasteiger partial charge in [0.05, 0.1) is 5.69 Å². The van der Waals surface area contributed by atoms with Gasteiger partial charge in [0.1, 0.15) is 10.0 Å². The molecule has 0 aliphatic rings. The van der Waals surface area contributed by atoms with E-state index in [0.717, 1.165) is 23.4 Å². The van der Waals surface area contributed by atoms with Crippen LogP contribution in [-0.4, -0.2) is 15.0 Å². The number of halogens is 2. The zero-order valence-corrected chi connectivity index (χ0v) is 14.4. The molecule has 21 heavy (non-hydrogen) atoms. The second-order valence-corrected chi connectivity index (χ2v) is 7.96. The van der Waals surface area contributed by atoms with Crippen LogP contribution >= 0.6 is 27.3 Å². The van der Waals surface area contributed by atoms with Crippen molar-refractivity contribution in [3.8, 4) is 0 Å². The molecule has 0 aliphatic heterocycles. The highest BCUT2D eigenvalue weighted by Crippen LogP contribution is 2.28. The van der Waals surface area contributed by atoms with Crippen LogP contribution < -0.4 is 10.0 Å². The SMILES string of the molecule is CCNCc1csc(S(=O)(=O)Nc2ccc(F)cc2Br)c1. The molecule has 2 rings (SSSR count). The van der Waals surface area contributed by atoms with E-state index in [9.17, 15) is 12.8 Å². The van der Waals surface area contributed by atoms with E-state index < -0.39 is 15.8 Å². The van der Waals surface area contributed by atoms with E-state index in [2.05, 4.69) is 26.0 Å². The van der Waals surface area contributed by atoms with Gasteiger partial charge in [-0.25, -0.2) is 12.8 Å². The predicted molar refractivity (Wildman–Crippen MR) is 86.6 cm³/mol. The molecule has 0 spiro atoms. The number of sulfonamides is 1. The van der Waals surface area contributed by atoms with Crippen molar-refractivity contribution in [1.29, 1.82) is 0 Å². The number of rotatable bonds is 6. The number of benzene rings is 1. The first-order valence-electron chi connectivity index (χ1n) is 6.18. The molecule has 0 saturated carbocycles. The Labute approximate surface area is 135 Å². The minimum absolute atomic E-state index is 0.228. The molecule has 1 heterocycles. The second kappa shape index (κ2) is 6.87. The van der Waals surface area contributed by atoms with Crippen LogP contribution in [0.4, 0.5) is 10.1 Å². The summed E-state index contributed by atoms with van der Waals surface area (Å²) < 4.78 is 40.6. The van der Waals surface area contributed by atoms with Crippen LogP contribution in [-0.2, 0) is 16.6 Å². The van der Waals surface area contributed by atoms with Crippen LogP contribution in [0.25, 0.3) is 0 Å². The summed E-state index contributed by atoms with van der Waals surface area (Å²) >= 11 is 4.29. The third-order valence-electron chi connectivity index (χ3n) is 2.65. The number of anilines is 1. The molecule has 0 fully saturated rings. The monoisotopic (exact) mass is 392 g/mol. The van der Waals surface area contributed by atoms with Gasteiger partial charge in [0, 0.05) is 11.0 Å². The molecular formula is C13H14BrFN2O2S2. The van der Waals surface area contributed by atoms with Gasteiger partial charge in [0.25, 0.3) is 10.0 Å². The Kier molecular flexibility index (Phi) is 5.37. The van der Waals surface area contributed by atoms with Gasteiger partial charge in [-0.3, -0.25) is 4.72 Å². The van der Waals surface area contributed by atoms with Crippen molar-refractivity contribution in [2.24, 2.45) is 0 Å². The topological polar surface area (TPSA) is 58.2 Å². The Hall–Kier alpha value is -0.960. The van der Waals surface area contributed by atoms with E-state index >= 15 is 0 Å². The van der Waals surface area contributed by atoms with Crippen molar-refractivity contribution in [3.05, 3.63) is 45.5 Å². The summed E-state index contributed by atoms with van der Waals surface area (Å²) in [7, 11) is -3.66. The predicted octanol–water partition coefficient (Wildman–Crippen LogP) is 3.56. The van der Waals surface area contributed by atoms with E-state index in [-0.39, 0.29) is 4.21 Å². The fourth-order valence-electron chi connectivity index (χ4n) is 1.62. The van der Waals surface area contributed by atoms with E-state index in [1.807, 2.05) is 6.92 Å². The molecule has 1 aromatic carbocycles. The number of hydrogen-bond acceptors (Lipinski definition) is 4. The largest absolute Gasteiger partial charge is 0.313 e. The first-order valence-corrected chi connectivity index (χ1v) is 9.34. The summed E-state index contributed by atoms with van der Waals surface area (Å²) in [6.07, 6.45) is 0. The highest BCUT2D eigenvalue weighted by molar-refractivity contribution is 9.10. The molecular weight excluding hydrogens is 379 g/mol.